The maximum absolute atomic E-state index is 12.6. The van der Waals surface area contributed by atoms with E-state index >= 15 is 0 Å². The summed E-state index contributed by atoms with van der Waals surface area (Å²) < 4.78 is 10.4. The standard InChI is InChI=1S/C21H26N6O4/c1-2-31-18(28)13-23-21(29)27-8-5-17-16(14-27)20(26-9-11-30-12-10-26)25-19(24-17)15-3-6-22-7-4-15/h3-4,6-7H,2,5,8-14H2,1H3,(H,23,29). The zero-order chi connectivity index (χ0) is 21.6. The van der Waals surface area contributed by atoms with Gasteiger partial charge in [0.15, 0.2) is 5.82 Å². The van der Waals surface area contributed by atoms with E-state index in [2.05, 4.69) is 15.2 Å². The van der Waals surface area contributed by atoms with E-state index in [-0.39, 0.29) is 19.2 Å². The summed E-state index contributed by atoms with van der Waals surface area (Å²) >= 11 is 0. The van der Waals surface area contributed by atoms with E-state index in [0.717, 1.165) is 35.7 Å². The number of fused-ring (bicyclic) bond motifs is 1. The molecule has 0 spiro atoms. The smallest absolute Gasteiger partial charge is 0.325 e. The van der Waals surface area contributed by atoms with Crippen molar-refractivity contribution in [1.82, 2.24) is 25.2 Å². The van der Waals surface area contributed by atoms with Gasteiger partial charge in [0.25, 0.3) is 0 Å². The van der Waals surface area contributed by atoms with Crippen molar-refractivity contribution in [3.05, 3.63) is 35.8 Å². The number of pyridine rings is 1. The average molecular weight is 426 g/mol. The van der Waals surface area contributed by atoms with Crippen LogP contribution in [-0.2, 0) is 27.2 Å². The number of carbonyl (C=O) groups excluding carboxylic acids is 2. The summed E-state index contributed by atoms with van der Waals surface area (Å²) in [5, 5.41) is 2.64. The van der Waals surface area contributed by atoms with Crippen molar-refractivity contribution in [2.24, 2.45) is 0 Å². The minimum Gasteiger partial charge on any atom is -0.465 e. The van der Waals surface area contributed by atoms with Crippen molar-refractivity contribution in [1.29, 1.82) is 0 Å². The van der Waals surface area contributed by atoms with E-state index in [9.17, 15) is 9.59 Å². The lowest BCUT2D eigenvalue weighted by Crippen LogP contribution is -2.46. The molecule has 164 valence electrons. The van der Waals surface area contributed by atoms with Gasteiger partial charge in [-0.15, -0.1) is 0 Å². The van der Waals surface area contributed by atoms with E-state index in [1.807, 2.05) is 12.1 Å². The molecule has 10 nitrogen and oxygen atoms in total. The van der Waals surface area contributed by atoms with Crippen LogP contribution in [0.2, 0.25) is 0 Å². The van der Waals surface area contributed by atoms with Crippen molar-refractivity contribution < 1.29 is 19.1 Å². The molecule has 2 aliphatic rings. The summed E-state index contributed by atoms with van der Waals surface area (Å²) in [6.07, 6.45) is 4.06. The van der Waals surface area contributed by atoms with Crippen molar-refractivity contribution >= 4 is 17.8 Å². The van der Waals surface area contributed by atoms with Gasteiger partial charge >= 0.3 is 12.0 Å². The molecular formula is C21H26N6O4. The Morgan fingerprint density at radius 1 is 1.16 bits per heavy atom. The first-order valence-electron chi connectivity index (χ1n) is 10.5. The number of aromatic nitrogens is 3. The van der Waals surface area contributed by atoms with Gasteiger partial charge in [-0.25, -0.2) is 14.8 Å². The molecule has 0 atom stereocenters. The number of nitrogens with one attached hydrogen (secondary N) is 1. The van der Waals surface area contributed by atoms with E-state index in [1.165, 1.54) is 0 Å². The molecule has 1 N–H and O–H groups in total. The first kappa shape index (κ1) is 21.0. The summed E-state index contributed by atoms with van der Waals surface area (Å²) in [7, 11) is 0. The summed E-state index contributed by atoms with van der Waals surface area (Å²) in [6.45, 7) is 5.48. The molecule has 0 bridgehead atoms. The molecule has 31 heavy (non-hydrogen) atoms. The predicted molar refractivity (Wildman–Crippen MR) is 112 cm³/mol. The van der Waals surface area contributed by atoms with Crippen LogP contribution in [0, 0.1) is 0 Å². The van der Waals surface area contributed by atoms with E-state index in [0.29, 0.717) is 38.5 Å². The lowest BCUT2D eigenvalue weighted by Gasteiger charge is -2.34. The normalized spacial score (nSPS) is 15.9. The third kappa shape index (κ3) is 4.91. The first-order valence-corrected chi connectivity index (χ1v) is 10.5. The van der Waals surface area contributed by atoms with Crippen LogP contribution in [-0.4, -0.2) is 77.9 Å². The minimum absolute atomic E-state index is 0.149. The summed E-state index contributed by atoms with van der Waals surface area (Å²) in [5.41, 5.74) is 2.79. The highest BCUT2D eigenvalue weighted by molar-refractivity contribution is 5.81. The van der Waals surface area contributed by atoms with Gasteiger partial charge in [0, 0.05) is 49.6 Å². The molecule has 0 aliphatic carbocycles. The molecule has 1 saturated heterocycles. The second kappa shape index (κ2) is 9.69. The molecule has 0 unspecified atom stereocenters. The number of carbonyl (C=O) groups is 2. The Bertz CT molecular complexity index is 933. The Hall–Kier alpha value is -3.27. The van der Waals surface area contributed by atoms with Crippen molar-refractivity contribution in [2.45, 2.75) is 19.9 Å². The van der Waals surface area contributed by atoms with Crippen LogP contribution in [0.15, 0.2) is 24.5 Å². The summed E-state index contributed by atoms with van der Waals surface area (Å²) in [4.78, 5) is 41.8. The minimum atomic E-state index is -0.451. The zero-order valence-electron chi connectivity index (χ0n) is 17.5. The molecule has 0 radical (unpaired) electrons. The third-order valence-electron chi connectivity index (χ3n) is 5.26. The molecular weight excluding hydrogens is 400 g/mol. The van der Waals surface area contributed by atoms with Gasteiger partial charge in [-0.05, 0) is 19.1 Å². The number of rotatable bonds is 5. The highest BCUT2D eigenvalue weighted by Crippen LogP contribution is 2.30. The van der Waals surface area contributed by atoms with Crippen LogP contribution in [0.4, 0.5) is 10.6 Å². The van der Waals surface area contributed by atoms with Gasteiger partial charge in [-0.2, -0.15) is 0 Å². The molecule has 4 rings (SSSR count). The Labute approximate surface area is 180 Å². The van der Waals surface area contributed by atoms with Crippen molar-refractivity contribution in [2.75, 3.05) is 50.9 Å². The highest BCUT2D eigenvalue weighted by Gasteiger charge is 2.28. The second-order valence-corrected chi connectivity index (χ2v) is 7.27. The largest absolute Gasteiger partial charge is 0.465 e. The molecule has 2 amide bonds. The van der Waals surface area contributed by atoms with Crippen molar-refractivity contribution in [3.8, 4) is 11.4 Å². The second-order valence-electron chi connectivity index (χ2n) is 7.27. The van der Waals surface area contributed by atoms with Crippen LogP contribution >= 0.6 is 0 Å². The molecule has 4 heterocycles. The lowest BCUT2D eigenvalue weighted by molar-refractivity contribution is -0.141. The SMILES string of the molecule is CCOC(=O)CNC(=O)N1CCc2nc(-c3ccncc3)nc(N3CCOCC3)c2C1. The number of urea groups is 1. The van der Waals surface area contributed by atoms with Crippen LogP contribution in [0.3, 0.4) is 0 Å². The number of amides is 2. The maximum atomic E-state index is 12.6. The van der Waals surface area contributed by atoms with E-state index in [4.69, 9.17) is 19.4 Å². The number of hydrogen-bond donors (Lipinski definition) is 1. The third-order valence-corrected chi connectivity index (χ3v) is 5.26. The predicted octanol–water partition coefficient (Wildman–Crippen LogP) is 1.01. The monoisotopic (exact) mass is 426 g/mol. The number of anilines is 1. The molecule has 2 aromatic heterocycles. The maximum Gasteiger partial charge on any atom is 0.325 e. The summed E-state index contributed by atoms with van der Waals surface area (Å²) in [6, 6.07) is 3.48. The van der Waals surface area contributed by atoms with Crippen LogP contribution < -0.4 is 10.2 Å². The molecule has 1 fully saturated rings. The van der Waals surface area contributed by atoms with Crippen LogP contribution in [0.25, 0.3) is 11.4 Å². The fourth-order valence-corrected chi connectivity index (χ4v) is 3.71. The quantitative estimate of drug-likeness (QED) is 0.706. The van der Waals surface area contributed by atoms with Crippen LogP contribution in [0.1, 0.15) is 18.2 Å². The number of morpholine rings is 1. The van der Waals surface area contributed by atoms with Gasteiger partial charge in [-0.3, -0.25) is 9.78 Å². The Kier molecular flexibility index (Phi) is 6.56. The first-order chi connectivity index (χ1) is 15.2. The Morgan fingerprint density at radius 3 is 2.68 bits per heavy atom. The van der Waals surface area contributed by atoms with Gasteiger partial charge in [0.05, 0.1) is 32.1 Å². The topological polar surface area (TPSA) is 110 Å². The fraction of sp³-hybridized carbons (Fsp3) is 0.476. The lowest BCUT2D eigenvalue weighted by atomic mass is 10.0. The zero-order valence-corrected chi connectivity index (χ0v) is 17.5. The van der Waals surface area contributed by atoms with Gasteiger partial charge in [-0.1, -0.05) is 0 Å². The summed E-state index contributed by atoms with van der Waals surface area (Å²) in [5.74, 6) is 1.04. The molecule has 2 aliphatic heterocycles. The average Bonchev–Trinajstić information content (AvgIpc) is 2.83. The van der Waals surface area contributed by atoms with Gasteiger partial charge in [0.2, 0.25) is 0 Å². The molecule has 10 heteroatoms. The number of hydrogen-bond acceptors (Lipinski definition) is 8. The molecule has 0 aromatic carbocycles. The molecule has 2 aromatic rings. The number of nitrogens with zero attached hydrogens (tertiary/aromatic N) is 5. The Balaban J connectivity index is 1.59. The number of esters is 1. The number of ether oxygens (including phenoxy) is 2. The van der Waals surface area contributed by atoms with E-state index < -0.39 is 5.97 Å². The fourth-order valence-electron chi connectivity index (χ4n) is 3.71. The van der Waals surface area contributed by atoms with Crippen molar-refractivity contribution in [3.63, 3.8) is 0 Å². The van der Waals surface area contributed by atoms with Gasteiger partial charge in [0.1, 0.15) is 12.4 Å². The van der Waals surface area contributed by atoms with Gasteiger partial charge < -0.3 is 24.6 Å². The van der Waals surface area contributed by atoms with E-state index in [1.54, 1.807) is 24.2 Å². The van der Waals surface area contributed by atoms with Crippen LogP contribution in [0.5, 0.6) is 0 Å². The Morgan fingerprint density at radius 2 is 1.94 bits per heavy atom. The highest BCUT2D eigenvalue weighted by atomic mass is 16.5. The molecule has 0 saturated carbocycles.